The molecule has 1 aliphatic rings. The van der Waals surface area contributed by atoms with Crippen LogP contribution in [0.3, 0.4) is 0 Å². The van der Waals surface area contributed by atoms with E-state index in [2.05, 4.69) is 17.5 Å². The maximum Gasteiger partial charge on any atom is 0.0594 e. The predicted molar refractivity (Wildman–Crippen MR) is 51.9 cm³/mol. The summed E-state index contributed by atoms with van der Waals surface area (Å²) in [5.41, 5.74) is 0. The van der Waals surface area contributed by atoms with Gasteiger partial charge in [-0.1, -0.05) is 0 Å². The van der Waals surface area contributed by atoms with E-state index in [1.165, 1.54) is 0 Å². The third kappa shape index (κ3) is 3.76. The zero-order valence-corrected chi connectivity index (χ0v) is 8.43. The molecule has 0 spiro atoms. The minimum Gasteiger partial charge on any atom is -0.383 e. The molecular formula is C8H17NO2S. The molecule has 1 atom stereocenters. The molecule has 4 heteroatoms. The first-order valence-corrected chi connectivity index (χ1v) is 4.81. The van der Waals surface area contributed by atoms with Crippen LogP contribution in [0.25, 0.3) is 0 Å². The Hall–Kier alpha value is 0.230. The van der Waals surface area contributed by atoms with Crippen LogP contribution in [0.15, 0.2) is 0 Å². The molecule has 0 aromatic rings. The van der Waals surface area contributed by atoms with Crippen LogP contribution >= 0.6 is 12.6 Å². The fourth-order valence-electron chi connectivity index (χ4n) is 1.33. The van der Waals surface area contributed by atoms with Crippen molar-refractivity contribution in [3.05, 3.63) is 0 Å². The van der Waals surface area contributed by atoms with Crippen LogP contribution in [0.1, 0.15) is 0 Å². The van der Waals surface area contributed by atoms with Crippen molar-refractivity contribution in [3.63, 3.8) is 0 Å². The van der Waals surface area contributed by atoms with Gasteiger partial charge in [0.25, 0.3) is 0 Å². The highest BCUT2D eigenvalue weighted by atomic mass is 32.1. The summed E-state index contributed by atoms with van der Waals surface area (Å²) in [4.78, 5) is 2.36. The molecule has 0 aliphatic carbocycles. The second kappa shape index (κ2) is 5.80. The van der Waals surface area contributed by atoms with Crippen molar-refractivity contribution < 1.29 is 9.47 Å². The summed E-state index contributed by atoms with van der Waals surface area (Å²) in [6.07, 6.45) is 0. The van der Waals surface area contributed by atoms with Crippen molar-refractivity contribution >= 4 is 12.6 Å². The number of ether oxygens (including phenoxy) is 2. The molecule has 0 radical (unpaired) electrons. The Kier molecular flexibility index (Phi) is 4.99. The number of thiol groups is 1. The molecule has 1 fully saturated rings. The van der Waals surface area contributed by atoms with Gasteiger partial charge in [-0.2, -0.15) is 12.6 Å². The summed E-state index contributed by atoms with van der Waals surface area (Å²) in [7, 11) is 1.71. The zero-order chi connectivity index (χ0) is 8.81. The highest BCUT2D eigenvalue weighted by Gasteiger charge is 2.13. The van der Waals surface area contributed by atoms with Crippen molar-refractivity contribution in [2.75, 3.05) is 46.6 Å². The van der Waals surface area contributed by atoms with Gasteiger partial charge in [-0.05, 0) is 0 Å². The van der Waals surface area contributed by atoms with E-state index in [0.717, 1.165) is 39.5 Å². The molecular weight excluding hydrogens is 174 g/mol. The first kappa shape index (κ1) is 10.3. The van der Waals surface area contributed by atoms with E-state index < -0.39 is 0 Å². The van der Waals surface area contributed by atoms with Crippen molar-refractivity contribution in [1.82, 2.24) is 4.90 Å². The molecule has 1 rings (SSSR count). The molecule has 1 unspecified atom stereocenters. The molecule has 72 valence electrons. The van der Waals surface area contributed by atoms with Gasteiger partial charge in [0.15, 0.2) is 0 Å². The van der Waals surface area contributed by atoms with E-state index in [1.54, 1.807) is 7.11 Å². The first-order valence-electron chi connectivity index (χ1n) is 4.30. The molecule has 0 N–H and O–H groups in total. The average Bonchev–Trinajstić information content (AvgIpc) is 2.06. The molecule has 0 amide bonds. The van der Waals surface area contributed by atoms with Crippen LogP contribution in [-0.4, -0.2) is 56.7 Å². The molecule has 1 aliphatic heterocycles. The average molecular weight is 191 g/mol. The van der Waals surface area contributed by atoms with Crippen LogP contribution in [0.4, 0.5) is 0 Å². The molecule has 0 aromatic carbocycles. The second-order valence-corrected chi connectivity index (χ2v) is 3.75. The number of hydrogen-bond acceptors (Lipinski definition) is 4. The van der Waals surface area contributed by atoms with E-state index in [9.17, 15) is 0 Å². The molecule has 0 aromatic heterocycles. The number of rotatable bonds is 4. The highest BCUT2D eigenvalue weighted by Crippen LogP contribution is 2.02. The number of nitrogens with zero attached hydrogens (tertiary/aromatic N) is 1. The van der Waals surface area contributed by atoms with Gasteiger partial charge in [0, 0.05) is 32.0 Å². The summed E-state index contributed by atoms with van der Waals surface area (Å²) < 4.78 is 10.3. The lowest BCUT2D eigenvalue weighted by molar-refractivity contribution is 0.0352. The maximum absolute atomic E-state index is 5.24. The highest BCUT2D eigenvalue weighted by molar-refractivity contribution is 7.81. The standard InChI is InChI=1S/C8H17NO2S/c1-10-7-8(12)6-9-2-4-11-5-3-9/h8,12H,2-7H2,1H3. The Labute approximate surface area is 79.4 Å². The predicted octanol–water partition coefficient (Wildman–Crippen LogP) is 0.263. The maximum atomic E-state index is 5.24. The van der Waals surface area contributed by atoms with E-state index in [4.69, 9.17) is 9.47 Å². The number of morpholine rings is 1. The normalized spacial score (nSPS) is 22.5. The summed E-state index contributed by atoms with van der Waals surface area (Å²) in [5.74, 6) is 0. The van der Waals surface area contributed by atoms with Gasteiger partial charge < -0.3 is 9.47 Å². The molecule has 0 saturated carbocycles. The summed E-state index contributed by atoms with van der Waals surface area (Å²) >= 11 is 4.41. The molecule has 0 bridgehead atoms. The molecule has 1 saturated heterocycles. The van der Waals surface area contributed by atoms with Crippen LogP contribution in [0, 0.1) is 0 Å². The van der Waals surface area contributed by atoms with Crippen molar-refractivity contribution in [2.24, 2.45) is 0 Å². The lowest BCUT2D eigenvalue weighted by atomic mass is 10.3. The van der Waals surface area contributed by atoms with E-state index in [1.807, 2.05) is 0 Å². The second-order valence-electron chi connectivity index (χ2n) is 3.02. The number of methoxy groups -OCH3 is 1. The van der Waals surface area contributed by atoms with Gasteiger partial charge in [0.2, 0.25) is 0 Å². The third-order valence-corrected chi connectivity index (χ3v) is 2.24. The zero-order valence-electron chi connectivity index (χ0n) is 7.53. The topological polar surface area (TPSA) is 21.7 Å². The lowest BCUT2D eigenvalue weighted by Crippen LogP contribution is -2.40. The van der Waals surface area contributed by atoms with Crippen molar-refractivity contribution in [1.29, 1.82) is 0 Å². The molecule has 3 nitrogen and oxygen atoms in total. The van der Waals surface area contributed by atoms with Crippen LogP contribution in [0.2, 0.25) is 0 Å². The Morgan fingerprint density at radius 1 is 1.50 bits per heavy atom. The minimum atomic E-state index is 0.327. The van der Waals surface area contributed by atoms with Crippen LogP contribution in [0.5, 0.6) is 0 Å². The van der Waals surface area contributed by atoms with E-state index in [0.29, 0.717) is 5.25 Å². The van der Waals surface area contributed by atoms with Gasteiger partial charge in [-0.25, -0.2) is 0 Å². The monoisotopic (exact) mass is 191 g/mol. The van der Waals surface area contributed by atoms with Gasteiger partial charge in [-0.15, -0.1) is 0 Å². The molecule has 12 heavy (non-hydrogen) atoms. The third-order valence-electron chi connectivity index (χ3n) is 1.93. The molecule has 1 heterocycles. The van der Waals surface area contributed by atoms with Crippen molar-refractivity contribution in [3.8, 4) is 0 Å². The summed E-state index contributed by atoms with van der Waals surface area (Å²) in [5, 5.41) is 0.327. The SMILES string of the molecule is COCC(S)CN1CCOCC1. The van der Waals surface area contributed by atoms with Crippen LogP contribution < -0.4 is 0 Å². The summed E-state index contributed by atoms with van der Waals surface area (Å²) in [6, 6.07) is 0. The fourth-order valence-corrected chi connectivity index (χ4v) is 1.71. The smallest absolute Gasteiger partial charge is 0.0594 e. The Morgan fingerprint density at radius 3 is 2.75 bits per heavy atom. The number of hydrogen-bond donors (Lipinski definition) is 1. The largest absolute Gasteiger partial charge is 0.383 e. The van der Waals surface area contributed by atoms with Gasteiger partial charge in [0.05, 0.1) is 19.8 Å². The van der Waals surface area contributed by atoms with Gasteiger partial charge in [-0.3, -0.25) is 4.90 Å². The van der Waals surface area contributed by atoms with Crippen molar-refractivity contribution in [2.45, 2.75) is 5.25 Å². The van der Waals surface area contributed by atoms with Crippen LogP contribution in [-0.2, 0) is 9.47 Å². The van der Waals surface area contributed by atoms with E-state index >= 15 is 0 Å². The minimum absolute atomic E-state index is 0.327. The first-order chi connectivity index (χ1) is 5.83. The van der Waals surface area contributed by atoms with Gasteiger partial charge >= 0.3 is 0 Å². The Bertz CT molecular complexity index is 118. The fraction of sp³-hybridized carbons (Fsp3) is 1.00. The Balaban J connectivity index is 2.11. The van der Waals surface area contributed by atoms with E-state index in [-0.39, 0.29) is 0 Å². The Morgan fingerprint density at radius 2 is 2.17 bits per heavy atom. The quantitative estimate of drug-likeness (QED) is 0.644. The lowest BCUT2D eigenvalue weighted by Gasteiger charge is -2.28. The van der Waals surface area contributed by atoms with Gasteiger partial charge in [0.1, 0.15) is 0 Å². The summed E-state index contributed by atoms with van der Waals surface area (Å²) in [6.45, 7) is 5.49.